The maximum Gasteiger partial charge on any atom is 0.255 e. The summed E-state index contributed by atoms with van der Waals surface area (Å²) in [6, 6.07) is 10.7. The van der Waals surface area contributed by atoms with E-state index in [1.165, 1.54) is 0 Å². The molecule has 0 spiro atoms. The summed E-state index contributed by atoms with van der Waals surface area (Å²) in [5.41, 5.74) is 2.89. The molecule has 0 aliphatic rings. The van der Waals surface area contributed by atoms with E-state index in [1.807, 2.05) is 12.1 Å². The van der Waals surface area contributed by atoms with Crippen LogP contribution in [-0.4, -0.2) is 23.0 Å². The number of fused-ring (bicyclic) bond motifs is 1. The molecule has 2 aromatic carbocycles. The second kappa shape index (κ2) is 5.57. The first-order valence-electron chi connectivity index (χ1n) is 6.25. The summed E-state index contributed by atoms with van der Waals surface area (Å²) >= 11 is 3.38. The van der Waals surface area contributed by atoms with Crippen LogP contribution in [-0.2, 0) is 0 Å². The number of methoxy groups -OCH3 is 1. The number of aromatic nitrogens is 2. The largest absolute Gasteiger partial charge is 0.495 e. The van der Waals surface area contributed by atoms with E-state index in [4.69, 9.17) is 4.74 Å². The van der Waals surface area contributed by atoms with Crippen LogP contribution in [0.2, 0.25) is 0 Å². The zero-order valence-corrected chi connectivity index (χ0v) is 12.8. The Morgan fingerprint density at radius 1 is 1.29 bits per heavy atom. The summed E-state index contributed by atoms with van der Waals surface area (Å²) in [6.45, 7) is 0. The Balaban J connectivity index is 1.85. The normalized spacial score (nSPS) is 10.6. The Kier molecular flexibility index (Phi) is 3.62. The van der Waals surface area contributed by atoms with E-state index in [9.17, 15) is 4.79 Å². The number of hydrogen-bond acceptors (Lipinski definition) is 3. The Morgan fingerprint density at radius 3 is 2.95 bits per heavy atom. The summed E-state index contributed by atoms with van der Waals surface area (Å²) in [5.74, 6) is 0.479. The van der Waals surface area contributed by atoms with Gasteiger partial charge < -0.3 is 15.0 Å². The summed E-state index contributed by atoms with van der Waals surface area (Å²) in [7, 11) is 1.58. The van der Waals surface area contributed by atoms with Crippen LogP contribution in [0.3, 0.4) is 0 Å². The Labute approximate surface area is 129 Å². The highest BCUT2D eigenvalue weighted by atomic mass is 79.9. The van der Waals surface area contributed by atoms with Crippen LogP contribution in [0.15, 0.2) is 47.2 Å². The van der Waals surface area contributed by atoms with Crippen molar-refractivity contribution in [3.05, 3.63) is 52.8 Å². The second-order valence-electron chi connectivity index (χ2n) is 4.44. The molecule has 3 aromatic rings. The number of carbonyl (C=O) groups is 1. The molecule has 1 heterocycles. The minimum Gasteiger partial charge on any atom is -0.495 e. The minimum atomic E-state index is -0.184. The molecule has 5 nitrogen and oxygen atoms in total. The number of ether oxygens (including phenoxy) is 1. The molecule has 21 heavy (non-hydrogen) atoms. The zero-order valence-electron chi connectivity index (χ0n) is 11.2. The number of amides is 1. The molecule has 1 amide bonds. The summed E-state index contributed by atoms with van der Waals surface area (Å²) < 4.78 is 6.04. The molecule has 0 aliphatic heterocycles. The van der Waals surface area contributed by atoms with Crippen molar-refractivity contribution < 1.29 is 9.53 Å². The Hall–Kier alpha value is -2.34. The molecule has 106 valence electrons. The van der Waals surface area contributed by atoms with Crippen molar-refractivity contribution in [3.63, 3.8) is 0 Å². The van der Waals surface area contributed by atoms with Gasteiger partial charge in [-0.3, -0.25) is 4.79 Å². The average Bonchev–Trinajstić information content (AvgIpc) is 2.96. The van der Waals surface area contributed by atoms with Crippen molar-refractivity contribution in [1.29, 1.82) is 0 Å². The average molecular weight is 346 g/mol. The van der Waals surface area contributed by atoms with E-state index in [0.29, 0.717) is 17.0 Å². The van der Waals surface area contributed by atoms with Crippen molar-refractivity contribution in [3.8, 4) is 5.75 Å². The molecule has 2 N–H and O–H groups in total. The lowest BCUT2D eigenvalue weighted by Crippen LogP contribution is -2.11. The van der Waals surface area contributed by atoms with Crippen molar-refractivity contribution in [2.75, 3.05) is 12.4 Å². The molecule has 6 heteroatoms. The first kappa shape index (κ1) is 13.6. The lowest BCUT2D eigenvalue weighted by Gasteiger charge is -2.08. The van der Waals surface area contributed by atoms with Crippen LogP contribution >= 0.6 is 15.9 Å². The van der Waals surface area contributed by atoms with Gasteiger partial charge in [0.1, 0.15) is 5.75 Å². The molecule has 3 rings (SSSR count). The predicted molar refractivity (Wildman–Crippen MR) is 84.7 cm³/mol. The SMILES string of the molecule is COc1cc(NC(=O)c2ccc3nc[nH]c3c2)ccc1Br. The van der Waals surface area contributed by atoms with Crippen LogP contribution in [0, 0.1) is 0 Å². The highest BCUT2D eigenvalue weighted by Gasteiger charge is 2.09. The first-order chi connectivity index (χ1) is 10.2. The maximum absolute atomic E-state index is 12.3. The number of H-pyrrole nitrogens is 1. The highest BCUT2D eigenvalue weighted by Crippen LogP contribution is 2.28. The number of aromatic amines is 1. The van der Waals surface area contributed by atoms with E-state index < -0.39 is 0 Å². The number of halogens is 1. The molecule has 0 bridgehead atoms. The summed E-state index contributed by atoms with van der Waals surface area (Å²) in [6.07, 6.45) is 1.60. The van der Waals surface area contributed by atoms with Gasteiger partial charge in [0.2, 0.25) is 0 Å². The van der Waals surface area contributed by atoms with Gasteiger partial charge in [-0.2, -0.15) is 0 Å². The monoisotopic (exact) mass is 345 g/mol. The number of anilines is 1. The van der Waals surface area contributed by atoms with E-state index in [2.05, 4.69) is 31.2 Å². The molecule has 1 aromatic heterocycles. The molecule has 0 unspecified atom stereocenters. The third kappa shape index (κ3) is 2.75. The lowest BCUT2D eigenvalue weighted by atomic mass is 10.2. The van der Waals surface area contributed by atoms with Crippen LogP contribution in [0.4, 0.5) is 5.69 Å². The molecule has 0 saturated carbocycles. The van der Waals surface area contributed by atoms with Crippen molar-refractivity contribution in [2.45, 2.75) is 0 Å². The van der Waals surface area contributed by atoms with Crippen LogP contribution in [0.1, 0.15) is 10.4 Å². The third-order valence-corrected chi connectivity index (χ3v) is 3.75. The molecule has 0 fully saturated rings. The second-order valence-corrected chi connectivity index (χ2v) is 5.29. The molecule has 0 aliphatic carbocycles. The summed E-state index contributed by atoms with van der Waals surface area (Å²) in [4.78, 5) is 19.4. The van der Waals surface area contributed by atoms with Gasteiger partial charge in [0.25, 0.3) is 5.91 Å². The Morgan fingerprint density at radius 2 is 2.14 bits per heavy atom. The number of benzene rings is 2. The number of carbonyl (C=O) groups excluding carboxylic acids is 1. The highest BCUT2D eigenvalue weighted by molar-refractivity contribution is 9.10. The number of nitrogens with one attached hydrogen (secondary N) is 2. The Bertz CT molecular complexity index is 814. The fraction of sp³-hybridized carbons (Fsp3) is 0.0667. The maximum atomic E-state index is 12.3. The number of nitrogens with zero attached hydrogens (tertiary/aromatic N) is 1. The van der Waals surface area contributed by atoms with Gasteiger partial charge in [0, 0.05) is 17.3 Å². The topological polar surface area (TPSA) is 67.0 Å². The lowest BCUT2D eigenvalue weighted by molar-refractivity contribution is 0.102. The van der Waals surface area contributed by atoms with Crippen LogP contribution in [0.5, 0.6) is 5.75 Å². The van der Waals surface area contributed by atoms with Crippen molar-refractivity contribution in [1.82, 2.24) is 9.97 Å². The van der Waals surface area contributed by atoms with E-state index >= 15 is 0 Å². The number of hydrogen-bond donors (Lipinski definition) is 2. The van der Waals surface area contributed by atoms with Crippen LogP contribution < -0.4 is 10.1 Å². The first-order valence-corrected chi connectivity index (χ1v) is 7.05. The van der Waals surface area contributed by atoms with Crippen molar-refractivity contribution >= 4 is 38.6 Å². The molecule has 0 saturated heterocycles. The number of imidazole rings is 1. The van der Waals surface area contributed by atoms with Crippen LogP contribution in [0.25, 0.3) is 11.0 Å². The molecule has 0 radical (unpaired) electrons. The molecular weight excluding hydrogens is 334 g/mol. The van der Waals surface area contributed by atoms with Gasteiger partial charge in [0.15, 0.2) is 0 Å². The third-order valence-electron chi connectivity index (χ3n) is 3.09. The van der Waals surface area contributed by atoms with E-state index in [1.54, 1.807) is 37.7 Å². The van der Waals surface area contributed by atoms with Crippen molar-refractivity contribution in [2.24, 2.45) is 0 Å². The van der Waals surface area contributed by atoms with Gasteiger partial charge in [-0.25, -0.2) is 4.98 Å². The van der Waals surface area contributed by atoms with Gasteiger partial charge in [0.05, 0.1) is 28.9 Å². The fourth-order valence-electron chi connectivity index (χ4n) is 2.02. The minimum absolute atomic E-state index is 0.184. The van der Waals surface area contributed by atoms with Gasteiger partial charge in [-0.15, -0.1) is 0 Å². The molecular formula is C15H12BrN3O2. The van der Waals surface area contributed by atoms with Gasteiger partial charge in [-0.1, -0.05) is 0 Å². The van der Waals surface area contributed by atoms with E-state index in [-0.39, 0.29) is 5.91 Å². The quantitative estimate of drug-likeness (QED) is 0.762. The smallest absolute Gasteiger partial charge is 0.255 e. The van der Waals surface area contributed by atoms with Gasteiger partial charge >= 0.3 is 0 Å². The summed E-state index contributed by atoms with van der Waals surface area (Å²) in [5, 5.41) is 2.84. The fourth-order valence-corrected chi connectivity index (χ4v) is 2.43. The molecule has 0 atom stereocenters. The van der Waals surface area contributed by atoms with E-state index in [0.717, 1.165) is 15.5 Å². The number of rotatable bonds is 3. The standard InChI is InChI=1S/C15H12BrN3O2/c1-21-14-7-10(3-4-11(14)16)19-15(20)9-2-5-12-13(6-9)18-8-17-12/h2-8H,1H3,(H,17,18)(H,19,20). The zero-order chi connectivity index (χ0) is 14.8. The predicted octanol–water partition coefficient (Wildman–Crippen LogP) is 3.59. The van der Waals surface area contributed by atoms with Gasteiger partial charge in [-0.05, 0) is 46.3 Å².